The van der Waals surface area contributed by atoms with E-state index >= 15 is 0 Å². The summed E-state index contributed by atoms with van der Waals surface area (Å²) in [6.45, 7) is 3.09. The van der Waals surface area contributed by atoms with Crippen molar-refractivity contribution in [3.8, 4) is 0 Å². The minimum absolute atomic E-state index is 0.311. The zero-order chi connectivity index (χ0) is 13.0. The second-order valence-electron chi connectivity index (χ2n) is 4.68. The zero-order valence-electron chi connectivity index (χ0n) is 11.1. The van der Waals surface area contributed by atoms with Crippen LogP contribution >= 0.6 is 11.3 Å². The van der Waals surface area contributed by atoms with Gasteiger partial charge in [0.05, 0.1) is 18.6 Å². The highest BCUT2D eigenvalue weighted by Gasteiger charge is 2.16. The Balaban J connectivity index is 1.94. The molecule has 2 aromatic heterocycles. The molecule has 0 fully saturated rings. The minimum atomic E-state index is 0.311. The molecule has 0 aliphatic carbocycles. The monoisotopic (exact) mass is 264 g/mol. The average Bonchev–Trinajstić information content (AvgIpc) is 3.01. The lowest BCUT2D eigenvalue weighted by Crippen LogP contribution is -2.31. The van der Waals surface area contributed by atoms with Crippen LogP contribution in [0.15, 0.2) is 40.5 Å². The van der Waals surface area contributed by atoms with Gasteiger partial charge < -0.3 is 14.6 Å². The number of thiophene rings is 1. The summed E-state index contributed by atoms with van der Waals surface area (Å²) < 4.78 is 5.11. The Morgan fingerprint density at radius 3 is 2.78 bits per heavy atom. The lowest BCUT2D eigenvalue weighted by atomic mass is 10.1. The molecular formula is C14H20N2OS. The van der Waals surface area contributed by atoms with Gasteiger partial charge in [-0.05, 0) is 38.5 Å². The molecule has 1 N–H and O–H groups in total. The van der Waals surface area contributed by atoms with Gasteiger partial charge in [0.2, 0.25) is 0 Å². The molecule has 0 radical (unpaired) electrons. The summed E-state index contributed by atoms with van der Waals surface area (Å²) in [5.74, 6) is 0. The SMILES string of the molecule is CC(NCC(c1cccs1)N(C)C)c1ccoc1. The number of furan rings is 1. The number of rotatable bonds is 6. The first kappa shape index (κ1) is 13.3. The number of hydrogen-bond donors (Lipinski definition) is 1. The predicted molar refractivity (Wildman–Crippen MR) is 75.9 cm³/mol. The van der Waals surface area contributed by atoms with Crippen molar-refractivity contribution in [1.82, 2.24) is 10.2 Å². The first-order valence-corrected chi connectivity index (χ1v) is 7.01. The number of nitrogens with zero attached hydrogens (tertiary/aromatic N) is 1. The van der Waals surface area contributed by atoms with Gasteiger partial charge in [0, 0.05) is 23.0 Å². The van der Waals surface area contributed by atoms with E-state index in [4.69, 9.17) is 4.42 Å². The fourth-order valence-electron chi connectivity index (χ4n) is 1.95. The van der Waals surface area contributed by atoms with Gasteiger partial charge in [0.25, 0.3) is 0 Å². The number of hydrogen-bond acceptors (Lipinski definition) is 4. The molecule has 2 atom stereocenters. The lowest BCUT2D eigenvalue weighted by Gasteiger charge is -2.25. The number of likely N-dealkylation sites (N-methyl/N-ethyl adjacent to an activating group) is 1. The van der Waals surface area contributed by atoms with E-state index < -0.39 is 0 Å². The van der Waals surface area contributed by atoms with E-state index in [2.05, 4.69) is 48.7 Å². The predicted octanol–water partition coefficient (Wildman–Crippen LogP) is 3.29. The van der Waals surface area contributed by atoms with E-state index in [9.17, 15) is 0 Å². The molecule has 0 spiro atoms. The Kier molecular flexibility index (Phi) is 4.58. The van der Waals surface area contributed by atoms with Crippen molar-refractivity contribution in [3.63, 3.8) is 0 Å². The highest BCUT2D eigenvalue weighted by Crippen LogP contribution is 2.23. The Labute approximate surface area is 112 Å². The Morgan fingerprint density at radius 2 is 2.22 bits per heavy atom. The molecule has 2 rings (SSSR count). The summed E-state index contributed by atoms with van der Waals surface area (Å²) >= 11 is 1.81. The molecule has 0 bridgehead atoms. The Bertz CT molecular complexity index is 436. The second-order valence-corrected chi connectivity index (χ2v) is 5.66. The van der Waals surface area contributed by atoms with Crippen LogP contribution in [0.25, 0.3) is 0 Å². The summed E-state index contributed by atoms with van der Waals surface area (Å²) in [6.07, 6.45) is 3.52. The van der Waals surface area contributed by atoms with Gasteiger partial charge in [-0.2, -0.15) is 0 Å². The fourth-order valence-corrected chi connectivity index (χ4v) is 2.87. The molecule has 0 aromatic carbocycles. The van der Waals surface area contributed by atoms with Crippen LogP contribution in [0.1, 0.15) is 29.4 Å². The van der Waals surface area contributed by atoms with Gasteiger partial charge in [-0.1, -0.05) is 6.07 Å². The van der Waals surface area contributed by atoms with Crippen molar-refractivity contribution in [3.05, 3.63) is 46.5 Å². The van der Waals surface area contributed by atoms with Crippen LogP contribution in [-0.2, 0) is 0 Å². The fraction of sp³-hybridized carbons (Fsp3) is 0.429. The maximum absolute atomic E-state index is 5.11. The van der Waals surface area contributed by atoms with E-state index in [-0.39, 0.29) is 0 Å². The van der Waals surface area contributed by atoms with Crippen molar-refractivity contribution in [2.24, 2.45) is 0 Å². The third-order valence-electron chi connectivity index (χ3n) is 3.16. The molecule has 2 aromatic rings. The van der Waals surface area contributed by atoms with Crippen LogP contribution < -0.4 is 5.32 Å². The molecule has 2 heterocycles. The van der Waals surface area contributed by atoms with Crippen molar-refractivity contribution in [2.75, 3.05) is 20.6 Å². The third-order valence-corrected chi connectivity index (χ3v) is 4.13. The van der Waals surface area contributed by atoms with Gasteiger partial charge >= 0.3 is 0 Å². The van der Waals surface area contributed by atoms with Gasteiger partial charge in [0.1, 0.15) is 0 Å². The molecule has 2 unspecified atom stereocenters. The van der Waals surface area contributed by atoms with Crippen LogP contribution in [0.2, 0.25) is 0 Å². The van der Waals surface area contributed by atoms with Crippen molar-refractivity contribution < 1.29 is 4.42 Å². The first-order chi connectivity index (χ1) is 8.68. The smallest absolute Gasteiger partial charge is 0.0950 e. The highest BCUT2D eigenvalue weighted by atomic mass is 32.1. The first-order valence-electron chi connectivity index (χ1n) is 6.14. The molecule has 0 aliphatic rings. The van der Waals surface area contributed by atoms with E-state index in [0.29, 0.717) is 12.1 Å². The van der Waals surface area contributed by atoms with Gasteiger partial charge in [0.15, 0.2) is 0 Å². The summed E-state index contributed by atoms with van der Waals surface area (Å²) in [6, 6.07) is 7.04. The molecule has 0 aliphatic heterocycles. The van der Waals surface area contributed by atoms with E-state index in [1.807, 2.05) is 17.4 Å². The van der Waals surface area contributed by atoms with E-state index in [0.717, 1.165) is 6.54 Å². The molecule has 0 saturated carbocycles. The standard InChI is InChI=1S/C14H20N2OS/c1-11(12-6-7-17-10-12)15-9-13(16(2)3)14-5-4-8-18-14/h4-8,10-11,13,15H,9H2,1-3H3. The molecular weight excluding hydrogens is 244 g/mol. The normalized spacial score (nSPS) is 14.9. The Hall–Kier alpha value is -1.10. The summed E-state index contributed by atoms with van der Waals surface area (Å²) in [7, 11) is 4.24. The summed E-state index contributed by atoms with van der Waals surface area (Å²) in [4.78, 5) is 3.65. The topological polar surface area (TPSA) is 28.4 Å². The van der Waals surface area contributed by atoms with Crippen LogP contribution in [0.5, 0.6) is 0 Å². The van der Waals surface area contributed by atoms with Crippen LogP contribution in [-0.4, -0.2) is 25.5 Å². The van der Waals surface area contributed by atoms with E-state index in [1.54, 1.807) is 12.5 Å². The maximum atomic E-state index is 5.11. The summed E-state index contributed by atoms with van der Waals surface area (Å²) in [5, 5.41) is 5.69. The third kappa shape index (κ3) is 3.22. The van der Waals surface area contributed by atoms with Gasteiger partial charge in [-0.15, -0.1) is 11.3 Å². The van der Waals surface area contributed by atoms with Crippen molar-refractivity contribution in [1.29, 1.82) is 0 Å². The highest BCUT2D eigenvalue weighted by molar-refractivity contribution is 7.10. The van der Waals surface area contributed by atoms with Gasteiger partial charge in [-0.25, -0.2) is 0 Å². The lowest BCUT2D eigenvalue weighted by molar-refractivity contribution is 0.285. The number of nitrogens with one attached hydrogen (secondary N) is 1. The van der Waals surface area contributed by atoms with E-state index in [1.165, 1.54) is 10.4 Å². The molecule has 3 nitrogen and oxygen atoms in total. The zero-order valence-corrected chi connectivity index (χ0v) is 11.9. The van der Waals surface area contributed by atoms with Crippen LogP contribution in [0, 0.1) is 0 Å². The minimum Gasteiger partial charge on any atom is -0.472 e. The molecule has 4 heteroatoms. The Morgan fingerprint density at radius 1 is 1.39 bits per heavy atom. The van der Waals surface area contributed by atoms with Gasteiger partial charge in [-0.3, -0.25) is 0 Å². The van der Waals surface area contributed by atoms with Crippen LogP contribution in [0.3, 0.4) is 0 Å². The largest absolute Gasteiger partial charge is 0.472 e. The molecule has 18 heavy (non-hydrogen) atoms. The van der Waals surface area contributed by atoms with Crippen LogP contribution in [0.4, 0.5) is 0 Å². The average molecular weight is 264 g/mol. The summed E-state index contributed by atoms with van der Waals surface area (Å²) in [5.41, 5.74) is 1.19. The second kappa shape index (κ2) is 6.18. The van der Waals surface area contributed by atoms with Crippen molar-refractivity contribution in [2.45, 2.75) is 19.0 Å². The molecule has 0 amide bonds. The maximum Gasteiger partial charge on any atom is 0.0950 e. The molecule has 0 saturated heterocycles. The van der Waals surface area contributed by atoms with Crippen molar-refractivity contribution >= 4 is 11.3 Å². The molecule has 98 valence electrons. The quantitative estimate of drug-likeness (QED) is 0.868.